The van der Waals surface area contributed by atoms with Crippen LogP contribution in [0.3, 0.4) is 0 Å². The standard InChI is InChI=1S/C9H17NO2.ClH/c1-12-9(11)6-7-10-8-4-2-3-5-8;/h8,10H,2-7H2,1H3;1H. The van der Waals surface area contributed by atoms with E-state index in [1.807, 2.05) is 0 Å². The summed E-state index contributed by atoms with van der Waals surface area (Å²) in [6.45, 7) is 0.761. The number of rotatable bonds is 4. The van der Waals surface area contributed by atoms with Crippen LogP contribution in [0.1, 0.15) is 32.1 Å². The summed E-state index contributed by atoms with van der Waals surface area (Å²) in [4.78, 5) is 10.7. The summed E-state index contributed by atoms with van der Waals surface area (Å²) in [5, 5.41) is 3.35. The molecule has 0 heterocycles. The molecule has 0 amide bonds. The van der Waals surface area contributed by atoms with E-state index < -0.39 is 0 Å². The Hall–Kier alpha value is -0.280. The van der Waals surface area contributed by atoms with Gasteiger partial charge < -0.3 is 10.1 Å². The maximum Gasteiger partial charge on any atom is 0.306 e. The van der Waals surface area contributed by atoms with E-state index in [1.54, 1.807) is 0 Å². The molecule has 1 aliphatic rings. The number of hydrogen-bond acceptors (Lipinski definition) is 3. The Morgan fingerprint density at radius 1 is 1.46 bits per heavy atom. The second-order valence-corrected chi connectivity index (χ2v) is 3.26. The summed E-state index contributed by atoms with van der Waals surface area (Å²) >= 11 is 0. The van der Waals surface area contributed by atoms with Crippen molar-refractivity contribution in [1.29, 1.82) is 0 Å². The average molecular weight is 208 g/mol. The Bertz CT molecular complexity index is 147. The zero-order chi connectivity index (χ0) is 8.81. The number of esters is 1. The third-order valence-electron chi connectivity index (χ3n) is 2.34. The van der Waals surface area contributed by atoms with E-state index in [-0.39, 0.29) is 18.4 Å². The van der Waals surface area contributed by atoms with Crippen molar-refractivity contribution in [3.05, 3.63) is 0 Å². The molecular formula is C9H18ClNO2. The largest absolute Gasteiger partial charge is 0.469 e. The van der Waals surface area contributed by atoms with Gasteiger partial charge in [0.2, 0.25) is 0 Å². The van der Waals surface area contributed by atoms with Crippen LogP contribution in [0.4, 0.5) is 0 Å². The van der Waals surface area contributed by atoms with Crippen molar-refractivity contribution in [2.75, 3.05) is 13.7 Å². The molecule has 1 aliphatic carbocycles. The Labute approximate surface area is 85.6 Å². The summed E-state index contributed by atoms with van der Waals surface area (Å²) in [5.41, 5.74) is 0. The maximum atomic E-state index is 10.7. The number of nitrogens with one attached hydrogen (secondary N) is 1. The SMILES string of the molecule is COC(=O)CCNC1CCCC1.Cl. The van der Waals surface area contributed by atoms with Gasteiger partial charge in [-0.25, -0.2) is 0 Å². The van der Waals surface area contributed by atoms with Crippen LogP contribution in [-0.4, -0.2) is 25.7 Å². The first-order valence-electron chi connectivity index (χ1n) is 4.63. The molecule has 3 nitrogen and oxygen atoms in total. The zero-order valence-corrected chi connectivity index (χ0v) is 8.86. The number of hydrogen-bond donors (Lipinski definition) is 1. The predicted molar refractivity (Wildman–Crippen MR) is 54.1 cm³/mol. The number of carbonyl (C=O) groups excluding carboxylic acids is 1. The lowest BCUT2D eigenvalue weighted by atomic mass is 10.2. The van der Waals surface area contributed by atoms with E-state index >= 15 is 0 Å². The van der Waals surface area contributed by atoms with Gasteiger partial charge in [0.1, 0.15) is 0 Å². The number of methoxy groups -OCH3 is 1. The van der Waals surface area contributed by atoms with Crippen LogP contribution >= 0.6 is 12.4 Å². The van der Waals surface area contributed by atoms with Gasteiger partial charge in [-0.3, -0.25) is 4.79 Å². The Morgan fingerprint density at radius 2 is 2.08 bits per heavy atom. The van der Waals surface area contributed by atoms with E-state index in [2.05, 4.69) is 10.1 Å². The first-order valence-corrected chi connectivity index (χ1v) is 4.63. The molecule has 0 saturated heterocycles. The third kappa shape index (κ3) is 5.11. The van der Waals surface area contributed by atoms with Crippen molar-refractivity contribution in [3.8, 4) is 0 Å². The van der Waals surface area contributed by atoms with Gasteiger partial charge in [0.15, 0.2) is 0 Å². The number of carbonyl (C=O) groups is 1. The molecule has 1 fully saturated rings. The van der Waals surface area contributed by atoms with Gasteiger partial charge >= 0.3 is 5.97 Å². The minimum atomic E-state index is -0.125. The lowest BCUT2D eigenvalue weighted by molar-refractivity contribution is -0.140. The van der Waals surface area contributed by atoms with Crippen LogP contribution in [0.25, 0.3) is 0 Å². The Kier molecular flexibility index (Phi) is 7.00. The Balaban J connectivity index is 0.00000144. The first kappa shape index (κ1) is 12.7. The van der Waals surface area contributed by atoms with Gasteiger partial charge in [0, 0.05) is 12.6 Å². The smallest absolute Gasteiger partial charge is 0.306 e. The summed E-state index contributed by atoms with van der Waals surface area (Å²) < 4.78 is 4.54. The maximum absolute atomic E-state index is 10.7. The average Bonchev–Trinajstić information content (AvgIpc) is 2.57. The molecule has 0 bridgehead atoms. The molecular weight excluding hydrogens is 190 g/mol. The summed E-state index contributed by atoms with van der Waals surface area (Å²) in [7, 11) is 1.43. The van der Waals surface area contributed by atoms with Crippen molar-refractivity contribution in [3.63, 3.8) is 0 Å². The van der Waals surface area contributed by atoms with Crippen LogP contribution in [0.15, 0.2) is 0 Å². The molecule has 0 aliphatic heterocycles. The molecule has 0 radical (unpaired) electrons. The van der Waals surface area contributed by atoms with Crippen molar-refractivity contribution in [2.24, 2.45) is 0 Å². The molecule has 0 aromatic heterocycles. The molecule has 78 valence electrons. The normalized spacial score (nSPS) is 16.7. The van der Waals surface area contributed by atoms with Gasteiger partial charge in [-0.1, -0.05) is 12.8 Å². The molecule has 1 saturated carbocycles. The van der Waals surface area contributed by atoms with Crippen LogP contribution < -0.4 is 5.32 Å². The van der Waals surface area contributed by atoms with Gasteiger partial charge in [-0.15, -0.1) is 12.4 Å². The fraction of sp³-hybridized carbons (Fsp3) is 0.889. The van der Waals surface area contributed by atoms with E-state index in [1.165, 1.54) is 32.8 Å². The number of halogens is 1. The van der Waals surface area contributed by atoms with Crippen LogP contribution in [-0.2, 0) is 9.53 Å². The third-order valence-corrected chi connectivity index (χ3v) is 2.34. The highest BCUT2D eigenvalue weighted by Gasteiger charge is 2.13. The first-order chi connectivity index (χ1) is 5.83. The van der Waals surface area contributed by atoms with Crippen LogP contribution in [0, 0.1) is 0 Å². The highest BCUT2D eigenvalue weighted by Crippen LogP contribution is 2.17. The van der Waals surface area contributed by atoms with Crippen molar-refractivity contribution < 1.29 is 9.53 Å². The van der Waals surface area contributed by atoms with E-state index in [0.717, 1.165) is 6.54 Å². The van der Waals surface area contributed by atoms with Gasteiger partial charge in [0.05, 0.1) is 13.5 Å². The topological polar surface area (TPSA) is 38.3 Å². The van der Waals surface area contributed by atoms with E-state index in [9.17, 15) is 4.79 Å². The molecule has 0 aromatic rings. The van der Waals surface area contributed by atoms with Crippen molar-refractivity contribution in [1.82, 2.24) is 5.32 Å². The molecule has 1 rings (SSSR count). The summed E-state index contributed by atoms with van der Waals surface area (Å²) in [6.07, 6.45) is 5.68. The van der Waals surface area contributed by atoms with Crippen LogP contribution in [0.2, 0.25) is 0 Å². The fourth-order valence-electron chi connectivity index (χ4n) is 1.61. The minimum Gasteiger partial charge on any atom is -0.469 e. The molecule has 13 heavy (non-hydrogen) atoms. The minimum absolute atomic E-state index is 0. The molecule has 4 heteroatoms. The molecule has 0 unspecified atom stereocenters. The van der Waals surface area contributed by atoms with Gasteiger partial charge in [-0.05, 0) is 12.8 Å². The predicted octanol–water partition coefficient (Wildman–Crippen LogP) is 1.50. The molecule has 0 spiro atoms. The second kappa shape index (κ2) is 7.15. The number of ether oxygens (including phenoxy) is 1. The van der Waals surface area contributed by atoms with Gasteiger partial charge in [-0.2, -0.15) is 0 Å². The fourth-order valence-corrected chi connectivity index (χ4v) is 1.61. The molecule has 1 N–H and O–H groups in total. The Morgan fingerprint density at radius 3 is 2.62 bits per heavy atom. The van der Waals surface area contributed by atoms with Crippen LogP contribution in [0.5, 0.6) is 0 Å². The lowest BCUT2D eigenvalue weighted by Crippen LogP contribution is -2.28. The molecule has 0 aromatic carbocycles. The van der Waals surface area contributed by atoms with Crippen molar-refractivity contribution in [2.45, 2.75) is 38.1 Å². The highest BCUT2D eigenvalue weighted by atomic mass is 35.5. The quantitative estimate of drug-likeness (QED) is 0.711. The highest BCUT2D eigenvalue weighted by molar-refractivity contribution is 5.85. The zero-order valence-electron chi connectivity index (χ0n) is 8.04. The van der Waals surface area contributed by atoms with E-state index in [0.29, 0.717) is 12.5 Å². The molecule has 0 atom stereocenters. The summed E-state index contributed by atoms with van der Waals surface area (Å²) in [5.74, 6) is -0.125. The van der Waals surface area contributed by atoms with Crippen molar-refractivity contribution >= 4 is 18.4 Å². The van der Waals surface area contributed by atoms with E-state index in [4.69, 9.17) is 0 Å². The monoisotopic (exact) mass is 207 g/mol. The lowest BCUT2D eigenvalue weighted by Gasteiger charge is -2.10. The van der Waals surface area contributed by atoms with Gasteiger partial charge in [0.25, 0.3) is 0 Å². The second-order valence-electron chi connectivity index (χ2n) is 3.26. The summed E-state index contributed by atoms with van der Waals surface area (Å²) in [6, 6.07) is 0.648.